The Morgan fingerprint density at radius 3 is 2.52 bits per heavy atom. The predicted molar refractivity (Wildman–Crippen MR) is 85.7 cm³/mol. The fourth-order valence-electron chi connectivity index (χ4n) is 2.55. The fraction of sp³-hybridized carbons (Fsp3) is 0.111. The van der Waals surface area contributed by atoms with Gasteiger partial charge in [-0.2, -0.15) is 5.26 Å². The molecule has 0 saturated heterocycles. The molecular formula is C18H15N3. The highest BCUT2D eigenvalue weighted by Gasteiger charge is 2.12. The van der Waals surface area contributed by atoms with Crippen molar-refractivity contribution >= 4 is 22.3 Å². The van der Waals surface area contributed by atoms with Crippen molar-refractivity contribution in [1.29, 1.82) is 5.26 Å². The molecule has 0 amide bonds. The molecule has 0 bridgehead atoms. The number of para-hydroxylation sites is 2. The molecule has 3 nitrogen and oxygen atoms in total. The van der Waals surface area contributed by atoms with E-state index in [0.29, 0.717) is 5.56 Å². The van der Waals surface area contributed by atoms with Crippen LogP contribution < -0.4 is 4.90 Å². The Balaban J connectivity index is 2.23. The minimum Gasteiger partial charge on any atom is -0.343 e. The van der Waals surface area contributed by atoms with Crippen molar-refractivity contribution in [2.75, 3.05) is 11.9 Å². The van der Waals surface area contributed by atoms with Crippen molar-refractivity contribution < 1.29 is 0 Å². The van der Waals surface area contributed by atoms with E-state index < -0.39 is 0 Å². The molecule has 3 heteroatoms. The first kappa shape index (κ1) is 13.1. The Hall–Kier alpha value is -2.86. The zero-order valence-corrected chi connectivity index (χ0v) is 12.0. The van der Waals surface area contributed by atoms with Crippen LogP contribution in [-0.4, -0.2) is 12.0 Å². The molecule has 0 aliphatic carbocycles. The summed E-state index contributed by atoms with van der Waals surface area (Å²) in [5, 5.41) is 10.4. The monoisotopic (exact) mass is 273 g/mol. The highest BCUT2D eigenvalue weighted by atomic mass is 15.1. The van der Waals surface area contributed by atoms with Gasteiger partial charge < -0.3 is 4.90 Å². The van der Waals surface area contributed by atoms with Gasteiger partial charge in [0.1, 0.15) is 6.07 Å². The van der Waals surface area contributed by atoms with E-state index in [1.165, 1.54) is 0 Å². The van der Waals surface area contributed by atoms with Crippen LogP contribution in [0.5, 0.6) is 0 Å². The molecule has 0 saturated carbocycles. The molecule has 0 N–H and O–H groups in total. The second kappa shape index (κ2) is 5.26. The van der Waals surface area contributed by atoms with Crippen molar-refractivity contribution in [3.05, 3.63) is 65.9 Å². The number of aromatic nitrogens is 1. The second-order valence-electron chi connectivity index (χ2n) is 4.99. The van der Waals surface area contributed by atoms with E-state index in [4.69, 9.17) is 0 Å². The lowest BCUT2D eigenvalue weighted by molar-refractivity contribution is 1.18. The Morgan fingerprint density at radius 2 is 1.71 bits per heavy atom. The third kappa shape index (κ3) is 2.32. The minimum atomic E-state index is 0.665. The molecule has 3 rings (SSSR count). The SMILES string of the molecule is Cc1cc(N(C)c2ccccc2C#N)c2ccccc2n1. The maximum absolute atomic E-state index is 9.29. The smallest absolute Gasteiger partial charge is 0.101 e. The Morgan fingerprint density at radius 1 is 1.00 bits per heavy atom. The van der Waals surface area contributed by atoms with E-state index in [2.05, 4.69) is 28.1 Å². The van der Waals surface area contributed by atoms with E-state index in [1.54, 1.807) is 0 Å². The topological polar surface area (TPSA) is 39.9 Å². The van der Waals surface area contributed by atoms with Gasteiger partial charge in [0, 0.05) is 18.1 Å². The average Bonchev–Trinajstić information content (AvgIpc) is 2.53. The number of benzene rings is 2. The number of rotatable bonds is 2. The quantitative estimate of drug-likeness (QED) is 0.703. The molecule has 1 aromatic heterocycles. The first-order valence-electron chi connectivity index (χ1n) is 6.80. The number of hydrogen-bond donors (Lipinski definition) is 0. The molecule has 0 fully saturated rings. The Bertz CT molecular complexity index is 846. The lowest BCUT2D eigenvalue weighted by atomic mass is 10.1. The van der Waals surface area contributed by atoms with Gasteiger partial charge in [-0.3, -0.25) is 4.98 Å². The summed E-state index contributed by atoms with van der Waals surface area (Å²) in [6.07, 6.45) is 0. The first-order chi connectivity index (χ1) is 10.2. The van der Waals surface area contributed by atoms with Gasteiger partial charge in [-0.1, -0.05) is 30.3 Å². The largest absolute Gasteiger partial charge is 0.343 e. The van der Waals surface area contributed by atoms with Gasteiger partial charge in [0.05, 0.1) is 22.5 Å². The maximum atomic E-state index is 9.29. The van der Waals surface area contributed by atoms with Gasteiger partial charge in [-0.05, 0) is 31.2 Å². The van der Waals surface area contributed by atoms with Crippen LogP contribution >= 0.6 is 0 Å². The number of nitriles is 1. The molecule has 2 aromatic carbocycles. The molecular weight excluding hydrogens is 258 g/mol. The van der Waals surface area contributed by atoms with Gasteiger partial charge in [0.15, 0.2) is 0 Å². The molecule has 0 spiro atoms. The first-order valence-corrected chi connectivity index (χ1v) is 6.80. The lowest BCUT2D eigenvalue weighted by Gasteiger charge is -2.22. The molecule has 0 radical (unpaired) electrons. The molecule has 0 aliphatic heterocycles. The van der Waals surface area contributed by atoms with Crippen molar-refractivity contribution in [2.45, 2.75) is 6.92 Å². The standard InChI is InChI=1S/C18H15N3/c1-13-11-18(15-8-4-5-9-16(15)20-13)21(2)17-10-6-3-7-14(17)12-19/h3-11H,1-2H3. The summed E-state index contributed by atoms with van der Waals surface area (Å²) in [4.78, 5) is 6.61. The Labute approximate surface area is 124 Å². The van der Waals surface area contributed by atoms with Gasteiger partial charge in [-0.25, -0.2) is 0 Å². The number of fused-ring (bicyclic) bond motifs is 1. The van der Waals surface area contributed by atoms with Crippen molar-refractivity contribution in [3.8, 4) is 6.07 Å². The molecule has 21 heavy (non-hydrogen) atoms. The summed E-state index contributed by atoms with van der Waals surface area (Å²) in [7, 11) is 1.98. The van der Waals surface area contributed by atoms with Crippen LogP contribution in [0.4, 0.5) is 11.4 Å². The number of aryl methyl sites for hydroxylation is 1. The van der Waals surface area contributed by atoms with Crippen LogP contribution in [0.15, 0.2) is 54.6 Å². The molecule has 1 heterocycles. The van der Waals surface area contributed by atoms with Gasteiger partial charge in [0.25, 0.3) is 0 Å². The number of nitrogens with zero attached hydrogens (tertiary/aromatic N) is 3. The molecule has 3 aromatic rings. The van der Waals surface area contributed by atoms with E-state index in [9.17, 15) is 5.26 Å². The fourth-order valence-corrected chi connectivity index (χ4v) is 2.55. The number of pyridine rings is 1. The van der Waals surface area contributed by atoms with Crippen molar-refractivity contribution in [2.24, 2.45) is 0 Å². The van der Waals surface area contributed by atoms with Crippen LogP contribution in [0, 0.1) is 18.3 Å². The molecule has 0 unspecified atom stereocenters. The third-order valence-electron chi connectivity index (χ3n) is 3.57. The van der Waals surface area contributed by atoms with Crippen LogP contribution in [0.3, 0.4) is 0 Å². The van der Waals surface area contributed by atoms with Gasteiger partial charge in [0.2, 0.25) is 0 Å². The minimum absolute atomic E-state index is 0.665. The number of hydrogen-bond acceptors (Lipinski definition) is 3. The highest BCUT2D eigenvalue weighted by Crippen LogP contribution is 2.32. The van der Waals surface area contributed by atoms with E-state index >= 15 is 0 Å². The summed E-state index contributed by atoms with van der Waals surface area (Å²) in [6, 6.07) is 20.0. The van der Waals surface area contributed by atoms with Gasteiger partial charge in [-0.15, -0.1) is 0 Å². The lowest BCUT2D eigenvalue weighted by Crippen LogP contribution is -2.12. The highest BCUT2D eigenvalue weighted by molar-refractivity contribution is 5.94. The normalized spacial score (nSPS) is 10.3. The molecule has 0 atom stereocenters. The van der Waals surface area contributed by atoms with Crippen LogP contribution in [0.2, 0.25) is 0 Å². The summed E-state index contributed by atoms with van der Waals surface area (Å²) < 4.78 is 0. The van der Waals surface area contributed by atoms with Crippen LogP contribution in [0.25, 0.3) is 10.9 Å². The third-order valence-corrected chi connectivity index (χ3v) is 3.57. The van der Waals surface area contributed by atoms with E-state index in [1.807, 2.05) is 56.4 Å². The zero-order valence-electron chi connectivity index (χ0n) is 12.0. The van der Waals surface area contributed by atoms with Crippen molar-refractivity contribution in [3.63, 3.8) is 0 Å². The summed E-state index contributed by atoms with van der Waals surface area (Å²) in [5.74, 6) is 0. The van der Waals surface area contributed by atoms with Gasteiger partial charge >= 0.3 is 0 Å². The van der Waals surface area contributed by atoms with Crippen molar-refractivity contribution in [1.82, 2.24) is 4.98 Å². The Kier molecular flexibility index (Phi) is 3.29. The molecule has 0 aliphatic rings. The van der Waals surface area contributed by atoms with E-state index in [0.717, 1.165) is 28.0 Å². The number of anilines is 2. The zero-order chi connectivity index (χ0) is 14.8. The predicted octanol–water partition coefficient (Wildman–Crippen LogP) is 4.18. The second-order valence-corrected chi connectivity index (χ2v) is 4.99. The van der Waals surface area contributed by atoms with Crippen LogP contribution in [-0.2, 0) is 0 Å². The molecule has 102 valence electrons. The summed E-state index contributed by atoms with van der Waals surface area (Å²) in [6.45, 7) is 1.99. The summed E-state index contributed by atoms with van der Waals surface area (Å²) in [5.41, 5.74) is 4.55. The summed E-state index contributed by atoms with van der Waals surface area (Å²) >= 11 is 0. The maximum Gasteiger partial charge on any atom is 0.101 e. The van der Waals surface area contributed by atoms with Crippen LogP contribution in [0.1, 0.15) is 11.3 Å². The average molecular weight is 273 g/mol. The van der Waals surface area contributed by atoms with E-state index in [-0.39, 0.29) is 0 Å².